The van der Waals surface area contributed by atoms with Crippen LogP contribution in [0, 0.1) is 18.8 Å². The van der Waals surface area contributed by atoms with Crippen LogP contribution in [0.4, 0.5) is 0 Å². The van der Waals surface area contributed by atoms with Crippen molar-refractivity contribution in [3.05, 3.63) is 23.8 Å². The lowest BCUT2D eigenvalue weighted by Crippen LogP contribution is -2.25. The number of nitrogens with zero attached hydrogens (tertiary/aromatic N) is 2. The van der Waals surface area contributed by atoms with E-state index in [9.17, 15) is 5.21 Å². The molecule has 2 aromatic rings. The zero-order chi connectivity index (χ0) is 13.7. The summed E-state index contributed by atoms with van der Waals surface area (Å²) in [6.07, 6.45) is 3.61. The molecule has 0 aliphatic heterocycles. The molecular formula is C15H17N3OS. The molecule has 2 bridgehead atoms. The Morgan fingerprint density at radius 1 is 1.40 bits per heavy atom. The Morgan fingerprint density at radius 3 is 3.15 bits per heavy atom. The summed E-state index contributed by atoms with van der Waals surface area (Å²) in [4.78, 5) is 8.02. The summed E-state index contributed by atoms with van der Waals surface area (Å²) in [5.41, 5.74) is 4.29. The van der Waals surface area contributed by atoms with Crippen molar-refractivity contribution in [1.82, 2.24) is 9.97 Å². The number of oxime groups is 1. The van der Waals surface area contributed by atoms with Crippen LogP contribution in [0.5, 0.6) is 0 Å². The van der Waals surface area contributed by atoms with Gasteiger partial charge in [0, 0.05) is 5.92 Å². The monoisotopic (exact) mass is 287 g/mol. The maximum Gasteiger partial charge on any atom is 0.167 e. The van der Waals surface area contributed by atoms with Crippen LogP contribution in [0.3, 0.4) is 0 Å². The van der Waals surface area contributed by atoms with Crippen LogP contribution in [-0.2, 0) is 0 Å². The van der Waals surface area contributed by atoms with Crippen LogP contribution in [-0.4, -0.2) is 26.1 Å². The maximum atomic E-state index is 9.26. The molecule has 2 aliphatic carbocycles. The van der Waals surface area contributed by atoms with Gasteiger partial charge in [0.05, 0.1) is 22.0 Å². The molecule has 0 radical (unpaired) electrons. The van der Waals surface area contributed by atoms with Gasteiger partial charge in [0.2, 0.25) is 0 Å². The molecule has 0 spiro atoms. The first-order chi connectivity index (χ1) is 9.74. The highest BCUT2D eigenvalue weighted by atomic mass is 32.2. The summed E-state index contributed by atoms with van der Waals surface area (Å²) in [5, 5.41) is 14.1. The third kappa shape index (κ3) is 1.84. The van der Waals surface area contributed by atoms with Crippen molar-refractivity contribution >= 4 is 28.5 Å². The summed E-state index contributed by atoms with van der Waals surface area (Å²) in [7, 11) is 0. The van der Waals surface area contributed by atoms with Crippen molar-refractivity contribution in [2.75, 3.05) is 0 Å². The Balaban J connectivity index is 1.64. The zero-order valence-corrected chi connectivity index (χ0v) is 12.2. The van der Waals surface area contributed by atoms with Crippen molar-refractivity contribution < 1.29 is 5.21 Å². The molecule has 1 heterocycles. The fourth-order valence-electron chi connectivity index (χ4n) is 3.61. The quantitative estimate of drug-likeness (QED) is 0.655. The summed E-state index contributed by atoms with van der Waals surface area (Å²) in [6.45, 7) is 2.08. The number of aryl methyl sites for hydroxylation is 1. The van der Waals surface area contributed by atoms with Crippen molar-refractivity contribution in [1.29, 1.82) is 0 Å². The minimum absolute atomic E-state index is 0.292. The van der Waals surface area contributed by atoms with Crippen molar-refractivity contribution in [2.45, 2.75) is 36.6 Å². The first-order valence-electron chi connectivity index (χ1n) is 7.09. The lowest BCUT2D eigenvalue weighted by molar-refractivity contribution is 0.314. The summed E-state index contributed by atoms with van der Waals surface area (Å²) in [6, 6.07) is 6.25. The van der Waals surface area contributed by atoms with Gasteiger partial charge in [0.15, 0.2) is 5.16 Å². The van der Waals surface area contributed by atoms with E-state index < -0.39 is 0 Å². The summed E-state index contributed by atoms with van der Waals surface area (Å²) >= 11 is 1.72. The molecular weight excluding hydrogens is 270 g/mol. The molecule has 0 amide bonds. The van der Waals surface area contributed by atoms with Gasteiger partial charge in [-0.3, -0.25) is 0 Å². The van der Waals surface area contributed by atoms with Gasteiger partial charge in [-0.2, -0.15) is 0 Å². The van der Waals surface area contributed by atoms with Gasteiger partial charge in [0.25, 0.3) is 0 Å². The van der Waals surface area contributed by atoms with Crippen molar-refractivity contribution in [2.24, 2.45) is 17.0 Å². The van der Waals surface area contributed by atoms with Gasteiger partial charge in [-0.25, -0.2) is 4.98 Å². The average Bonchev–Trinajstić information content (AvgIpc) is 3.11. The zero-order valence-electron chi connectivity index (χ0n) is 11.3. The maximum absolute atomic E-state index is 9.26. The smallest absolute Gasteiger partial charge is 0.167 e. The van der Waals surface area contributed by atoms with E-state index in [1.165, 1.54) is 24.8 Å². The van der Waals surface area contributed by atoms with Crippen molar-refractivity contribution in [3.8, 4) is 0 Å². The first kappa shape index (κ1) is 12.3. The minimum Gasteiger partial charge on any atom is -0.411 e. The fraction of sp³-hybridized carbons (Fsp3) is 0.467. The van der Waals surface area contributed by atoms with Crippen LogP contribution < -0.4 is 0 Å². The van der Waals surface area contributed by atoms with Gasteiger partial charge >= 0.3 is 0 Å². The molecule has 2 aliphatic rings. The highest BCUT2D eigenvalue weighted by Gasteiger charge is 2.46. The number of aromatic amines is 1. The predicted octanol–water partition coefficient (Wildman–Crippen LogP) is 3.59. The van der Waals surface area contributed by atoms with E-state index in [-0.39, 0.29) is 0 Å². The molecule has 20 heavy (non-hydrogen) atoms. The average molecular weight is 287 g/mol. The summed E-state index contributed by atoms with van der Waals surface area (Å²) < 4.78 is 0. The molecule has 1 aromatic heterocycles. The molecule has 5 heteroatoms. The van der Waals surface area contributed by atoms with Gasteiger partial charge in [-0.05, 0) is 49.8 Å². The van der Waals surface area contributed by atoms with Gasteiger partial charge in [-0.1, -0.05) is 23.0 Å². The standard InChI is InChI=1S/C15H17N3OS/c1-8-2-5-11-12(6-8)17-15(16-11)20-14-10-4-3-9(7-10)13(14)18-19/h2,5-6,9-10,14,19H,3-4,7H2,1H3,(H,16,17)/b18-13+/t9-,10-,14+/m0/s1. The number of rotatable bonds is 2. The molecule has 0 saturated heterocycles. The second-order valence-corrected chi connectivity index (χ2v) is 7.03. The van der Waals surface area contributed by atoms with Crippen LogP contribution in [0.25, 0.3) is 11.0 Å². The number of nitrogens with one attached hydrogen (secondary N) is 1. The number of benzene rings is 1. The fourth-order valence-corrected chi connectivity index (χ4v) is 4.97. The second-order valence-electron chi connectivity index (χ2n) is 5.90. The Labute approximate surface area is 121 Å². The third-order valence-corrected chi connectivity index (χ3v) is 5.88. The number of H-pyrrole nitrogens is 1. The Kier molecular flexibility index (Phi) is 2.77. The number of hydrogen-bond acceptors (Lipinski definition) is 4. The lowest BCUT2D eigenvalue weighted by Gasteiger charge is -2.20. The molecule has 2 saturated carbocycles. The largest absolute Gasteiger partial charge is 0.411 e. The SMILES string of the molecule is Cc1ccc2nc(S[C@H]3/C(=N/O)[C@H]4CC[C@H]3C4)[nH]c2c1. The van der Waals surface area contributed by atoms with Crippen LogP contribution in [0.2, 0.25) is 0 Å². The van der Waals surface area contributed by atoms with Crippen LogP contribution >= 0.6 is 11.8 Å². The Bertz CT molecular complexity index is 693. The highest BCUT2D eigenvalue weighted by Crippen LogP contribution is 2.49. The molecule has 4 rings (SSSR count). The van der Waals surface area contributed by atoms with E-state index in [1.54, 1.807) is 11.8 Å². The van der Waals surface area contributed by atoms with Crippen molar-refractivity contribution in [3.63, 3.8) is 0 Å². The van der Waals surface area contributed by atoms with Gasteiger partial charge < -0.3 is 10.2 Å². The molecule has 1 aromatic carbocycles. The van der Waals surface area contributed by atoms with Gasteiger partial charge in [0.1, 0.15) is 0 Å². The molecule has 0 unspecified atom stereocenters. The summed E-state index contributed by atoms with van der Waals surface area (Å²) in [5.74, 6) is 1.14. The number of hydrogen-bond donors (Lipinski definition) is 2. The predicted molar refractivity (Wildman–Crippen MR) is 80.5 cm³/mol. The number of thioether (sulfide) groups is 1. The van der Waals surface area contributed by atoms with E-state index in [1.807, 2.05) is 6.07 Å². The normalized spacial score (nSPS) is 30.6. The minimum atomic E-state index is 0.292. The molecule has 2 N–H and O–H groups in total. The highest BCUT2D eigenvalue weighted by molar-refractivity contribution is 8.00. The van der Waals surface area contributed by atoms with E-state index >= 15 is 0 Å². The lowest BCUT2D eigenvalue weighted by atomic mass is 9.98. The molecule has 4 nitrogen and oxygen atoms in total. The number of aromatic nitrogens is 2. The topological polar surface area (TPSA) is 61.3 Å². The Hall–Kier alpha value is -1.49. The van der Waals surface area contributed by atoms with Gasteiger partial charge in [-0.15, -0.1) is 0 Å². The Morgan fingerprint density at radius 2 is 2.30 bits per heavy atom. The number of imidazole rings is 1. The molecule has 3 atom stereocenters. The second kappa shape index (κ2) is 4.52. The van der Waals surface area contributed by atoms with E-state index in [4.69, 9.17) is 0 Å². The van der Waals surface area contributed by atoms with E-state index in [2.05, 4.69) is 34.2 Å². The molecule has 104 valence electrons. The molecule has 2 fully saturated rings. The van der Waals surface area contributed by atoms with E-state index in [0.29, 0.717) is 17.1 Å². The third-order valence-electron chi connectivity index (χ3n) is 4.58. The van der Waals surface area contributed by atoms with E-state index in [0.717, 1.165) is 21.9 Å². The first-order valence-corrected chi connectivity index (χ1v) is 7.97. The number of fused-ring (bicyclic) bond motifs is 3. The van der Waals surface area contributed by atoms with Crippen LogP contribution in [0.15, 0.2) is 28.5 Å². The van der Waals surface area contributed by atoms with Crippen LogP contribution in [0.1, 0.15) is 24.8 Å².